The summed E-state index contributed by atoms with van der Waals surface area (Å²) in [6.45, 7) is 1.22. The predicted octanol–water partition coefficient (Wildman–Crippen LogP) is 1.72. The van der Waals surface area contributed by atoms with Gasteiger partial charge in [-0.1, -0.05) is 11.6 Å². The third-order valence-corrected chi connectivity index (χ3v) is 5.37. The Kier molecular flexibility index (Phi) is 7.93. The number of hydrogen-bond donors (Lipinski definition) is 5. The average molecular weight is 489 g/mol. The summed E-state index contributed by atoms with van der Waals surface area (Å²) < 4.78 is 49.0. The average Bonchev–Trinajstić information content (AvgIpc) is 2.63. The van der Waals surface area contributed by atoms with E-state index in [-0.39, 0.29) is 27.0 Å². The first-order valence-corrected chi connectivity index (χ1v) is 11.1. The van der Waals surface area contributed by atoms with Crippen LogP contribution in [0.1, 0.15) is 6.92 Å². The van der Waals surface area contributed by atoms with Gasteiger partial charge in [0.15, 0.2) is 0 Å². The number of carbonyl (C=O) groups excluding carboxylic acids is 3. The van der Waals surface area contributed by atoms with Crippen LogP contribution >= 0.6 is 11.6 Å². The lowest BCUT2D eigenvalue weighted by molar-refractivity contribution is -0.114. The number of carbonyl (C=O) groups is 3. The molecule has 0 fully saturated rings. The van der Waals surface area contributed by atoms with Gasteiger partial charge in [-0.05, 0) is 42.5 Å². The molecule has 12 nitrogen and oxygen atoms in total. The number of rotatable bonds is 6. The standard InChI is InChI=1S/C16H16ClN5O7S2/c1-9(23)18-14-8-12(6-7-13(14)17)31(28,29)22-16(25)20-11-4-2-10(3-5-11)19-15(24)21-30(26)27/h2-8H,1H3,(H,18,23)(H,26,27)(H2,19,21,24)(H2,20,22,25)/p-1. The third-order valence-electron chi connectivity index (χ3n) is 3.36. The molecule has 0 bridgehead atoms. The summed E-state index contributed by atoms with van der Waals surface area (Å²) in [5, 5.41) is 7.00. The summed E-state index contributed by atoms with van der Waals surface area (Å²) in [5.74, 6) is -0.459. The van der Waals surface area contributed by atoms with E-state index in [1.165, 1.54) is 37.3 Å². The minimum absolute atomic E-state index is 0.0605. The quantitative estimate of drug-likeness (QED) is 0.383. The lowest BCUT2D eigenvalue weighted by Crippen LogP contribution is -2.34. The SMILES string of the molecule is CC(=O)Nc1cc(S(=O)(=O)NC(=O)Nc2ccc(NC(=O)NS(=O)[O-])cc2)ccc1Cl. The molecule has 0 spiro atoms. The highest BCUT2D eigenvalue weighted by atomic mass is 35.5. The van der Waals surface area contributed by atoms with E-state index >= 15 is 0 Å². The Morgan fingerprint density at radius 1 is 0.935 bits per heavy atom. The van der Waals surface area contributed by atoms with Crippen LogP contribution in [-0.4, -0.2) is 35.1 Å². The summed E-state index contributed by atoms with van der Waals surface area (Å²) in [6.07, 6.45) is 0. The monoisotopic (exact) mass is 488 g/mol. The van der Waals surface area contributed by atoms with E-state index < -0.39 is 39.3 Å². The lowest BCUT2D eigenvalue weighted by atomic mass is 10.3. The first-order valence-electron chi connectivity index (χ1n) is 8.14. The molecular weight excluding hydrogens is 474 g/mol. The zero-order valence-electron chi connectivity index (χ0n) is 15.6. The minimum Gasteiger partial charge on any atom is -0.755 e. The Morgan fingerprint density at radius 2 is 1.48 bits per heavy atom. The van der Waals surface area contributed by atoms with Crippen LogP contribution in [0.25, 0.3) is 0 Å². The molecular formula is C16H15ClN5O7S2-. The van der Waals surface area contributed by atoms with Crippen LogP contribution in [0, 0.1) is 0 Å². The van der Waals surface area contributed by atoms with Gasteiger partial charge in [-0.2, -0.15) is 0 Å². The Labute approximate surface area is 184 Å². The van der Waals surface area contributed by atoms with Gasteiger partial charge in [-0.3, -0.25) is 13.7 Å². The molecule has 31 heavy (non-hydrogen) atoms. The van der Waals surface area contributed by atoms with Gasteiger partial charge in [-0.25, -0.2) is 22.7 Å². The van der Waals surface area contributed by atoms with E-state index in [1.54, 1.807) is 4.72 Å². The molecule has 0 aliphatic carbocycles. The molecule has 0 saturated carbocycles. The normalized spacial score (nSPS) is 11.7. The maximum Gasteiger partial charge on any atom is 0.333 e. The predicted molar refractivity (Wildman–Crippen MR) is 113 cm³/mol. The smallest absolute Gasteiger partial charge is 0.333 e. The lowest BCUT2D eigenvalue weighted by Gasteiger charge is -2.12. The molecule has 15 heteroatoms. The molecule has 0 radical (unpaired) electrons. The molecule has 0 heterocycles. The highest BCUT2D eigenvalue weighted by molar-refractivity contribution is 7.90. The molecule has 0 aliphatic heterocycles. The van der Waals surface area contributed by atoms with Crippen molar-refractivity contribution in [1.29, 1.82) is 0 Å². The van der Waals surface area contributed by atoms with Crippen molar-refractivity contribution in [3.8, 4) is 0 Å². The van der Waals surface area contributed by atoms with E-state index in [2.05, 4.69) is 16.0 Å². The molecule has 166 valence electrons. The van der Waals surface area contributed by atoms with Crippen LogP contribution in [0.3, 0.4) is 0 Å². The molecule has 2 aromatic rings. The van der Waals surface area contributed by atoms with E-state index in [4.69, 9.17) is 11.6 Å². The van der Waals surface area contributed by atoms with Crippen molar-refractivity contribution in [2.45, 2.75) is 11.8 Å². The minimum atomic E-state index is -4.29. The van der Waals surface area contributed by atoms with Gasteiger partial charge in [0.1, 0.15) is 0 Å². The molecule has 0 aromatic heterocycles. The number of sulfonamides is 1. The number of nitrogens with one attached hydrogen (secondary N) is 5. The van der Waals surface area contributed by atoms with Gasteiger partial charge in [0, 0.05) is 29.6 Å². The number of urea groups is 2. The Balaban J connectivity index is 2.04. The summed E-state index contributed by atoms with van der Waals surface area (Å²) >= 11 is 3.13. The molecule has 5 N–H and O–H groups in total. The van der Waals surface area contributed by atoms with Gasteiger partial charge in [0.05, 0.1) is 15.6 Å². The highest BCUT2D eigenvalue weighted by Crippen LogP contribution is 2.25. The van der Waals surface area contributed by atoms with Crippen molar-refractivity contribution >= 4 is 67.9 Å². The zero-order chi connectivity index (χ0) is 23.2. The fourth-order valence-electron chi connectivity index (χ4n) is 2.16. The van der Waals surface area contributed by atoms with Gasteiger partial charge in [-0.15, -0.1) is 0 Å². The molecule has 0 aliphatic rings. The molecule has 1 unspecified atom stereocenters. The van der Waals surface area contributed by atoms with Crippen molar-refractivity contribution in [2.24, 2.45) is 0 Å². The van der Waals surface area contributed by atoms with Gasteiger partial charge < -0.3 is 20.5 Å². The fraction of sp³-hybridized carbons (Fsp3) is 0.0625. The summed E-state index contributed by atoms with van der Waals surface area (Å²) in [5.41, 5.74) is 0.458. The number of halogens is 1. The fourth-order valence-corrected chi connectivity index (χ4v) is 3.46. The van der Waals surface area contributed by atoms with E-state index in [1.807, 2.05) is 4.72 Å². The van der Waals surface area contributed by atoms with Crippen molar-refractivity contribution in [3.63, 3.8) is 0 Å². The van der Waals surface area contributed by atoms with Crippen LogP contribution in [0.2, 0.25) is 5.02 Å². The zero-order valence-corrected chi connectivity index (χ0v) is 18.0. The molecule has 2 rings (SSSR count). The van der Waals surface area contributed by atoms with Gasteiger partial charge in [0.2, 0.25) is 5.91 Å². The van der Waals surface area contributed by atoms with Crippen molar-refractivity contribution in [1.82, 2.24) is 9.44 Å². The molecule has 5 amide bonds. The maximum atomic E-state index is 12.4. The van der Waals surface area contributed by atoms with Crippen molar-refractivity contribution in [3.05, 3.63) is 47.5 Å². The third kappa shape index (κ3) is 7.53. The Hall–Kier alpha value is -3.20. The molecule has 2 aromatic carbocycles. The Bertz CT molecular complexity index is 1140. The topological polar surface area (TPSA) is 186 Å². The first-order chi connectivity index (χ1) is 14.5. The van der Waals surface area contributed by atoms with E-state index in [0.717, 1.165) is 12.1 Å². The van der Waals surface area contributed by atoms with Crippen LogP contribution in [0.15, 0.2) is 47.4 Å². The number of anilines is 3. The number of benzene rings is 2. The van der Waals surface area contributed by atoms with E-state index in [9.17, 15) is 31.6 Å². The second kappa shape index (κ2) is 10.2. The maximum absolute atomic E-state index is 12.4. The van der Waals surface area contributed by atoms with E-state index in [0.29, 0.717) is 0 Å². The van der Waals surface area contributed by atoms with Gasteiger partial charge >= 0.3 is 12.1 Å². The molecule has 1 atom stereocenters. The summed E-state index contributed by atoms with van der Waals surface area (Å²) in [7, 11) is -4.29. The number of hydrogen-bond acceptors (Lipinski definition) is 7. The largest absolute Gasteiger partial charge is 0.755 e. The van der Waals surface area contributed by atoms with Crippen LogP contribution in [0.5, 0.6) is 0 Å². The van der Waals surface area contributed by atoms with Crippen LogP contribution in [-0.2, 0) is 26.1 Å². The number of amides is 5. The second-order valence-electron chi connectivity index (χ2n) is 5.75. The summed E-state index contributed by atoms with van der Waals surface area (Å²) in [6, 6.07) is 6.82. The van der Waals surface area contributed by atoms with Crippen LogP contribution in [0.4, 0.5) is 26.7 Å². The Morgan fingerprint density at radius 3 is 2.00 bits per heavy atom. The molecule has 0 saturated heterocycles. The van der Waals surface area contributed by atoms with Crippen molar-refractivity contribution in [2.75, 3.05) is 16.0 Å². The summed E-state index contributed by atoms with van der Waals surface area (Å²) in [4.78, 5) is 34.2. The van der Waals surface area contributed by atoms with Crippen LogP contribution < -0.4 is 25.4 Å². The highest BCUT2D eigenvalue weighted by Gasteiger charge is 2.19. The van der Waals surface area contributed by atoms with Gasteiger partial charge in [0.25, 0.3) is 10.0 Å². The van der Waals surface area contributed by atoms with Crippen molar-refractivity contribution < 1.29 is 31.6 Å². The first kappa shape index (κ1) is 24.1. The second-order valence-corrected chi connectivity index (χ2v) is 8.51.